The second-order valence-electron chi connectivity index (χ2n) is 4.57. The van der Waals surface area contributed by atoms with Crippen LogP contribution in [0.4, 0.5) is 15.8 Å². The number of rotatable bonds is 1. The van der Waals surface area contributed by atoms with Crippen molar-refractivity contribution >= 4 is 17.3 Å². The first-order valence-corrected chi connectivity index (χ1v) is 6.11. The van der Waals surface area contributed by atoms with Crippen LogP contribution in [0, 0.1) is 5.82 Å². The van der Waals surface area contributed by atoms with Gasteiger partial charge in [0.15, 0.2) is 0 Å². The highest BCUT2D eigenvalue weighted by Crippen LogP contribution is 2.34. The zero-order chi connectivity index (χ0) is 13.4. The number of nitrogens with two attached hydrogens (primary N) is 1. The van der Waals surface area contributed by atoms with E-state index in [1.807, 2.05) is 12.1 Å². The summed E-state index contributed by atoms with van der Waals surface area (Å²) in [5, 5.41) is 0. The molecule has 0 saturated heterocycles. The monoisotopic (exact) mass is 256 g/mol. The minimum absolute atomic E-state index is 0.212. The first-order valence-electron chi connectivity index (χ1n) is 6.11. The maximum atomic E-state index is 13.2. The second-order valence-corrected chi connectivity index (χ2v) is 4.57. The van der Waals surface area contributed by atoms with Crippen LogP contribution in [0.5, 0.6) is 0 Å². The van der Waals surface area contributed by atoms with Crippen LogP contribution < -0.4 is 10.6 Å². The molecule has 1 aliphatic heterocycles. The van der Waals surface area contributed by atoms with E-state index in [4.69, 9.17) is 5.73 Å². The Hall–Kier alpha value is -2.36. The number of hydrogen-bond acceptors (Lipinski definition) is 2. The average molecular weight is 256 g/mol. The van der Waals surface area contributed by atoms with Crippen molar-refractivity contribution < 1.29 is 9.18 Å². The van der Waals surface area contributed by atoms with Gasteiger partial charge in [-0.15, -0.1) is 0 Å². The number of fused-ring (bicyclic) bond motifs is 1. The SMILES string of the molecule is Nc1cccc2c1N(C(=O)c1cccc(F)c1)CC2. The molecular weight excluding hydrogens is 243 g/mol. The lowest BCUT2D eigenvalue weighted by atomic mass is 10.1. The van der Waals surface area contributed by atoms with Crippen molar-refractivity contribution in [2.45, 2.75) is 6.42 Å². The Morgan fingerprint density at radius 3 is 2.79 bits per heavy atom. The van der Waals surface area contributed by atoms with Crippen LogP contribution in [0.15, 0.2) is 42.5 Å². The van der Waals surface area contributed by atoms with Crippen LogP contribution in [-0.2, 0) is 6.42 Å². The van der Waals surface area contributed by atoms with Crippen molar-refractivity contribution in [2.24, 2.45) is 0 Å². The number of benzene rings is 2. The van der Waals surface area contributed by atoms with Crippen LogP contribution in [0.1, 0.15) is 15.9 Å². The number of hydrogen-bond donors (Lipinski definition) is 1. The molecule has 1 amide bonds. The van der Waals surface area contributed by atoms with Crippen LogP contribution in [-0.4, -0.2) is 12.5 Å². The quantitative estimate of drug-likeness (QED) is 0.797. The molecule has 2 N–H and O–H groups in total. The van der Waals surface area contributed by atoms with E-state index in [0.717, 1.165) is 17.7 Å². The Kier molecular flexibility index (Phi) is 2.71. The molecule has 0 atom stereocenters. The topological polar surface area (TPSA) is 46.3 Å². The fourth-order valence-corrected chi connectivity index (χ4v) is 2.47. The molecule has 96 valence electrons. The van der Waals surface area contributed by atoms with Gasteiger partial charge in [0, 0.05) is 12.1 Å². The molecule has 0 spiro atoms. The third-order valence-electron chi connectivity index (χ3n) is 3.34. The molecule has 0 aromatic heterocycles. The zero-order valence-corrected chi connectivity index (χ0v) is 10.3. The van der Waals surface area contributed by atoms with Gasteiger partial charge in [-0.1, -0.05) is 18.2 Å². The molecule has 1 aliphatic rings. The molecule has 0 fully saturated rings. The van der Waals surface area contributed by atoms with Crippen LogP contribution in [0.2, 0.25) is 0 Å². The summed E-state index contributed by atoms with van der Waals surface area (Å²) < 4.78 is 13.2. The fourth-order valence-electron chi connectivity index (χ4n) is 2.47. The van der Waals surface area contributed by atoms with Gasteiger partial charge in [-0.05, 0) is 36.2 Å². The van der Waals surface area contributed by atoms with Crippen molar-refractivity contribution in [3.63, 3.8) is 0 Å². The number of carbonyl (C=O) groups is 1. The third-order valence-corrected chi connectivity index (χ3v) is 3.34. The first-order chi connectivity index (χ1) is 9.16. The van der Waals surface area contributed by atoms with E-state index in [1.165, 1.54) is 18.2 Å². The summed E-state index contributed by atoms with van der Waals surface area (Å²) in [7, 11) is 0. The summed E-state index contributed by atoms with van der Waals surface area (Å²) in [6.45, 7) is 0.582. The molecule has 3 nitrogen and oxygen atoms in total. The number of carbonyl (C=O) groups excluding carboxylic acids is 1. The van der Waals surface area contributed by atoms with E-state index in [0.29, 0.717) is 17.8 Å². The largest absolute Gasteiger partial charge is 0.397 e. The Bertz CT molecular complexity index is 654. The predicted molar refractivity (Wildman–Crippen MR) is 72.6 cm³/mol. The van der Waals surface area contributed by atoms with Crippen LogP contribution in [0.25, 0.3) is 0 Å². The van der Waals surface area contributed by atoms with Gasteiger partial charge in [0.2, 0.25) is 0 Å². The number of halogens is 1. The lowest BCUT2D eigenvalue weighted by molar-refractivity contribution is 0.0989. The molecule has 0 radical (unpaired) electrons. The maximum absolute atomic E-state index is 13.2. The lowest BCUT2D eigenvalue weighted by Crippen LogP contribution is -2.29. The fraction of sp³-hybridized carbons (Fsp3) is 0.133. The molecular formula is C15H13FN2O. The first kappa shape index (κ1) is 11.7. The number of para-hydroxylation sites is 1. The molecule has 0 saturated carbocycles. The minimum Gasteiger partial charge on any atom is -0.397 e. The molecule has 0 bridgehead atoms. The van der Waals surface area contributed by atoms with Crippen molar-refractivity contribution in [3.8, 4) is 0 Å². The summed E-state index contributed by atoms with van der Waals surface area (Å²) in [5.41, 5.74) is 8.69. The predicted octanol–water partition coefficient (Wildman–Crippen LogP) is 2.61. The Balaban J connectivity index is 2.00. The summed E-state index contributed by atoms with van der Waals surface area (Å²) >= 11 is 0. The molecule has 19 heavy (non-hydrogen) atoms. The number of nitrogen functional groups attached to an aromatic ring is 1. The Labute approximate surface area is 110 Å². The molecule has 3 rings (SSSR count). The van der Waals surface area contributed by atoms with E-state index in [1.54, 1.807) is 17.0 Å². The van der Waals surface area contributed by atoms with Crippen molar-refractivity contribution in [1.82, 2.24) is 0 Å². The summed E-state index contributed by atoms with van der Waals surface area (Å²) in [5.74, 6) is -0.623. The van der Waals surface area contributed by atoms with Crippen molar-refractivity contribution in [2.75, 3.05) is 17.2 Å². The van der Waals surface area contributed by atoms with Gasteiger partial charge in [0.05, 0.1) is 11.4 Å². The normalized spacial score (nSPS) is 13.4. The van der Waals surface area contributed by atoms with Crippen LogP contribution >= 0.6 is 0 Å². The highest BCUT2D eigenvalue weighted by atomic mass is 19.1. The summed E-state index contributed by atoms with van der Waals surface area (Å²) in [4.78, 5) is 14.0. The van der Waals surface area contributed by atoms with Crippen molar-refractivity contribution in [1.29, 1.82) is 0 Å². The lowest BCUT2D eigenvalue weighted by Gasteiger charge is -2.19. The van der Waals surface area contributed by atoms with Gasteiger partial charge in [-0.3, -0.25) is 4.79 Å². The highest BCUT2D eigenvalue weighted by molar-refractivity contribution is 6.09. The molecule has 1 heterocycles. The van der Waals surface area contributed by atoms with Gasteiger partial charge in [-0.2, -0.15) is 0 Å². The van der Waals surface area contributed by atoms with Gasteiger partial charge in [0.1, 0.15) is 5.82 Å². The molecule has 2 aromatic carbocycles. The Morgan fingerprint density at radius 1 is 1.21 bits per heavy atom. The standard InChI is InChI=1S/C15H13FN2O/c16-12-5-1-4-11(9-12)15(19)18-8-7-10-3-2-6-13(17)14(10)18/h1-6,9H,7-8,17H2. The van der Waals surface area contributed by atoms with E-state index in [2.05, 4.69) is 0 Å². The molecule has 0 aliphatic carbocycles. The van der Waals surface area contributed by atoms with E-state index < -0.39 is 5.82 Å². The summed E-state index contributed by atoms with van der Waals surface area (Å²) in [6.07, 6.45) is 0.779. The second kappa shape index (κ2) is 4.39. The molecule has 2 aromatic rings. The van der Waals surface area contributed by atoms with E-state index >= 15 is 0 Å². The van der Waals surface area contributed by atoms with Gasteiger partial charge >= 0.3 is 0 Å². The van der Waals surface area contributed by atoms with E-state index in [9.17, 15) is 9.18 Å². The number of anilines is 2. The van der Waals surface area contributed by atoms with Crippen LogP contribution in [0.3, 0.4) is 0 Å². The zero-order valence-electron chi connectivity index (χ0n) is 10.3. The highest BCUT2D eigenvalue weighted by Gasteiger charge is 2.27. The minimum atomic E-state index is -0.411. The van der Waals surface area contributed by atoms with Gasteiger partial charge < -0.3 is 10.6 Å². The number of nitrogens with zero attached hydrogens (tertiary/aromatic N) is 1. The average Bonchev–Trinajstić information content (AvgIpc) is 2.83. The third kappa shape index (κ3) is 1.95. The molecule has 0 unspecified atom stereocenters. The van der Waals surface area contributed by atoms with Gasteiger partial charge in [-0.25, -0.2) is 4.39 Å². The van der Waals surface area contributed by atoms with E-state index in [-0.39, 0.29) is 5.91 Å². The van der Waals surface area contributed by atoms with Crippen molar-refractivity contribution in [3.05, 3.63) is 59.4 Å². The molecule has 4 heteroatoms. The van der Waals surface area contributed by atoms with Gasteiger partial charge in [0.25, 0.3) is 5.91 Å². The summed E-state index contributed by atoms with van der Waals surface area (Å²) in [6, 6.07) is 11.3. The smallest absolute Gasteiger partial charge is 0.258 e. The number of amides is 1. The Morgan fingerprint density at radius 2 is 2.00 bits per heavy atom. The maximum Gasteiger partial charge on any atom is 0.258 e.